The topological polar surface area (TPSA) is 55.9 Å². The molecule has 0 saturated heterocycles. The first-order chi connectivity index (χ1) is 9.36. The van der Waals surface area contributed by atoms with E-state index in [1.807, 2.05) is 0 Å². The fourth-order valence-electron chi connectivity index (χ4n) is 1.95. The molecule has 0 amide bonds. The van der Waals surface area contributed by atoms with E-state index in [9.17, 15) is 17.6 Å². The number of hydrogen-bond acceptors (Lipinski definition) is 3. The lowest BCUT2D eigenvalue weighted by Crippen LogP contribution is -2.32. The third-order valence-corrected chi connectivity index (χ3v) is 2.93. The molecule has 1 aromatic heterocycles. The number of aryl methyl sites for hydroxylation is 1. The van der Waals surface area contributed by atoms with Gasteiger partial charge in [0.25, 0.3) is 0 Å². The fraction of sp³-hybridized carbons (Fsp3) is 0.250. The highest BCUT2D eigenvalue weighted by Gasteiger charge is 2.36. The first-order valence-electron chi connectivity index (χ1n) is 5.65. The average molecular weight is 288 g/mol. The zero-order valence-electron chi connectivity index (χ0n) is 10.4. The molecule has 108 valence electrons. The highest BCUT2D eigenvalue weighted by molar-refractivity contribution is 5.33. The fourth-order valence-corrected chi connectivity index (χ4v) is 1.95. The molecule has 0 fully saturated rings. The predicted molar refractivity (Wildman–Crippen MR) is 63.8 cm³/mol. The lowest BCUT2D eigenvalue weighted by atomic mass is 10.0. The van der Waals surface area contributed by atoms with E-state index in [2.05, 4.69) is 10.4 Å². The molecule has 2 rings (SSSR count). The number of aromatic nitrogens is 2. The zero-order chi connectivity index (χ0) is 14.9. The highest BCUT2D eigenvalue weighted by Crippen LogP contribution is 2.34. The number of imidazole rings is 1. The summed E-state index contributed by atoms with van der Waals surface area (Å²) < 4.78 is 53.7. The molecule has 0 aliphatic heterocycles. The van der Waals surface area contributed by atoms with Crippen LogP contribution >= 0.6 is 0 Å². The Bertz CT molecular complexity index is 606. The molecule has 0 aliphatic rings. The van der Waals surface area contributed by atoms with E-state index < -0.39 is 23.6 Å². The second-order valence-corrected chi connectivity index (χ2v) is 4.20. The second kappa shape index (κ2) is 5.22. The van der Waals surface area contributed by atoms with Crippen molar-refractivity contribution in [1.82, 2.24) is 15.0 Å². The largest absolute Gasteiger partial charge is 0.419 e. The van der Waals surface area contributed by atoms with Crippen LogP contribution in [0.15, 0.2) is 30.6 Å². The smallest absolute Gasteiger partial charge is 0.336 e. The molecule has 0 bridgehead atoms. The molecular formula is C12H12F4N4. The molecule has 0 saturated carbocycles. The lowest BCUT2D eigenvalue weighted by Gasteiger charge is -2.19. The van der Waals surface area contributed by atoms with Crippen molar-refractivity contribution in [3.8, 4) is 0 Å². The van der Waals surface area contributed by atoms with E-state index in [4.69, 9.17) is 5.84 Å². The average Bonchev–Trinajstić information content (AvgIpc) is 2.77. The number of hydrogen-bond donors (Lipinski definition) is 2. The summed E-state index contributed by atoms with van der Waals surface area (Å²) in [6, 6.07) is 2.08. The first-order valence-corrected chi connectivity index (χ1v) is 5.65. The van der Waals surface area contributed by atoms with Crippen molar-refractivity contribution in [1.29, 1.82) is 0 Å². The van der Waals surface area contributed by atoms with Gasteiger partial charge in [-0.25, -0.2) is 14.8 Å². The standard InChI is InChI=1S/C12H12F4N4/c1-20-6-5-18-11(20)10(19-17)7-3-2-4-8(9(7)13)12(14,15)16/h2-6,10,19H,17H2,1H3. The Morgan fingerprint density at radius 3 is 2.55 bits per heavy atom. The van der Waals surface area contributed by atoms with Gasteiger partial charge in [0.15, 0.2) is 0 Å². The summed E-state index contributed by atoms with van der Waals surface area (Å²) in [5.41, 5.74) is 0.750. The molecule has 1 aromatic carbocycles. The summed E-state index contributed by atoms with van der Waals surface area (Å²) in [5, 5.41) is 0. The van der Waals surface area contributed by atoms with Crippen LogP contribution in [0.1, 0.15) is 23.0 Å². The number of halogens is 4. The van der Waals surface area contributed by atoms with Crippen LogP contribution in [0.5, 0.6) is 0 Å². The Morgan fingerprint density at radius 1 is 1.35 bits per heavy atom. The number of alkyl halides is 3. The van der Waals surface area contributed by atoms with Gasteiger partial charge in [0, 0.05) is 25.0 Å². The number of rotatable bonds is 3. The minimum atomic E-state index is -4.76. The Labute approximate surface area is 112 Å². The van der Waals surface area contributed by atoms with Gasteiger partial charge in [-0.1, -0.05) is 12.1 Å². The van der Waals surface area contributed by atoms with Crippen molar-refractivity contribution >= 4 is 0 Å². The number of benzene rings is 1. The maximum absolute atomic E-state index is 14.1. The van der Waals surface area contributed by atoms with Gasteiger partial charge in [0.2, 0.25) is 0 Å². The summed E-state index contributed by atoms with van der Waals surface area (Å²) in [5.74, 6) is 4.30. The molecule has 0 aliphatic carbocycles. The van der Waals surface area contributed by atoms with Gasteiger partial charge < -0.3 is 4.57 Å². The second-order valence-electron chi connectivity index (χ2n) is 4.20. The highest BCUT2D eigenvalue weighted by atomic mass is 19.4. The van der Waals surface area contributed by atoms with Gasteiger partial charge in [-0.3, -0.25) is 5.84 Å². The van der Waals surface area contributed by atoms with E-state index in [0.717, 1.165) is 6.07 Å². The monoisotopic (exact) mass is 288 g/mol. The van der Waals surface area contributed by atoms with E-state index in [1.54, 1.807) is 17.8 Å². The van der Waals surface area contributed by atoms with Crippen LogP contribution in [0, 0.1) is 5.82 Å². The van der Waals surface area contributed by atoms with E-state index in [1.165, 1.54) is 12.3 Å². The third kappa shape index (κ3) is 2.52. The molecule has 1 heterocycles. The van der Waals surface area contributed by atoms with Gasteiger partial charge in [-0.15, -0.1) is 0 Å². The molecular weight excluding hydrogens is 276 g/mol. The summed E-state index contributed by atoms with van der Waals surface area (Å²) in [7, 11) is 1.64. The van der Waals surface area contributed by atoms with Crippen molar-refractivity contribution < 1.29 is 17.6 Å². The molecule has 4 nitrogen and oxygen atoms in total. The molecule has 0 radical (unpaired) electrons. The number of nitrogens with zero attached hydrogens (tertiary/aromatic N) is 2. The molecule has 1 atom stereocenters. The number of nitrogens with one attached hydrogen (secondary N) is 1. The number of nitrogens with two attached hydrogens (primary N) is 1. The Kier molecular flexibility index (Phi) is 3.78. The molecule has 0 spiro atoms. The van der Waals surface area contributed by atoms with Crippen molar-refractivity contribution in [2.45, 2.75) is 12.2 Å². The Morgan fingerprint density at radius 2 is 2.05 bits per heavy atom. The minimum Gasteiger partial charge on any atom is -0.336 e. The van der Waals surface area contributed by atoms with Crippen LogP contribution < -0.4 is 11.3 Å². The quantitative estimate of drug-likeness (QED) is 0.517. The van der Waals surface area contributed by atoms with Gasteiger partial charge >= 0.3 is 6.18 Å². The van der Waals surface area contributed by atoms with E-state index in [0.29, 0.717) is 11.9 Å². The normalized spacial score (nSPS) is 13.5. The third-order valence-electron chi connectivity index (χ3n) is 2.93. The van der Waals surface area contributed by atoms with Crippen LogP contribution in [0.4, 0.5) is 17.6 Å². The minimum absolute atomic E-state index is 0.211. The molecule has 8 heteroatoms. The van der Waals surface area contributed by atoms with Crippen LogP contribution in [-0.4, -0.2) is 9.55 Å². The summed E-state index contributed by atoms with van der Waals surface area (Å²) >= 11 is 0. The Hall–Kier alpha value is -1.93. The SMILES string of the molecule is Cn1ccnc1C(NN)c1cccc(C(F)(F)F)c1F. The lowest BCUT2D eigenvalue weighted by molar-refractivity contribution is -0.140. The molecule has 3 N–H and O–H groups in total. The summed E-state index contributed by atoms with van der Waals surface area (Å²) in [6.07, 6.45) is -1.72. The van der Waals surface area contributed by atoms with Gasteiger partial charge in [0.1, 0.15) is 17.7 Å². The first kappa shape index (κ1) is 14.5. The maximum Gasteiger partial charge on any atom is 0.419 e. The number of hydrazine groups is 1. The van der Waals surface area contributed by atoms with Crippen molar-refractivity contribution in [2.75, 3.05) is 0 Å². The van der Waals surface area contributed by atoms with Crippen molar-refractivity contribution in [2.24, 2.45) is 12.9 Å². The van der Waals surface area contributed by atoms with Crippen molar-refractivity contribution in [3.63, 3.8) is 0 Å². The van der Waals surface area contributed by atoms with Crippen LogP contribution in [0.3, 0.4) is 0 Å². The summed E-state index contributed by atoms with van der Waals surface area (Å²) in [6.45, 7) is 0. The van der Waals surface area contributed by atoms with Gasteiger partial charge in [-0.05, 0) is 6.07 Å². The predicted octanol–water partition coefficient (Wildman–Crippen LogP) is 2.13. The molecule has 20 heavy (non-hydrogen) atoms. The van der Waals surface area contributed by atoms with Crippen molar-refractivity contribution in [3.05, 3.63) is 53.4 Å². The van der Waals surface area contributed by atoms with Crippen LogP contribution in [0.25, 0.3) is 0 Å². The molecule has 1 unspecified atom stereocenters. The van der Waals surface area contributed by atoms with E-state index in [-0.39, 0.29) is 5.56 Å². The van der Waals surface area contributed by atoms with Gasteiger partial charge in [0.05, 0.1) is 5.56 Å². The Balaban J connectivity index is 2.54. The molecule has 2 aromatic rings. The van der Waals surface area contributed by atoms with E-state index >= 15 is 0 Å². The maximum atomic E-state index is 14.1. The van der Waals surface area contributed by atoms with Crippen LogP contribution in [-0.2, 0) is 13.2 Å². The van der Waals surface area contributed by atoms with Gasteiger partial charge in [-0.2, -0.15) is 13.2 Å². The summed E-state index contributed by atoms with van der Waals surface area (Å²) in [4.78, 5) is 3.97. The zero-order valence-corrected chi connectivity index (χ0v) is 10.4. The van der Waals surface area contributed by atoms with Crippen LogP contribution in [0.2, 0.25) is 0 Å².